The van der Waals surface area contributed by atoms with Crippen molar-refractivity contribution in [2.75, 3.05) is 0 Å². The van der Waals surface area contributed by atoms with Crippen molar-refractivity contribution in [1.82, 2.24) is 0 Å². The van der Waals surface area contributed by atoms with Gasteiger partial charge in [0.2, 0.25) is 0 Å². The normalized spacial score (nSPS) is 32.8. The molecule has 0 aliphatic heterocycles. The van der Waals surface area contributed by atoms with Crippen LogP contribution in [0.25, 0.3) is 0 Å². The molecule has 0 aromatic carbocycles. The number of alkyl halides is 4. The van der Waals surface area contributed by atoms with E-state index < -0.39 is 40.9 Å². The van der Waals surface area contributed by atoms with Crippen molar-refractivity contribution in [2.45, 2.75) is 59.8 Å². The van der Waals surface area contributed by atoms with Gasteiger partial charge in [0.05, 0.1) is 6.42 Å². The van der Waals surface area contributed by atoms with Crippen molar-refractivity contribution in [3.05, 3.63) is 0 Å². The Balaban J connectivity index is 3.31. The molecule has 1 aliphatic rings. The van der Waals surface area contributed by atoms with Crippen LogP contribution < -0.4 is 0 Å². The van der Waals surface area contributed by atoms with Gasteiger partial charge in [0, 0.05) is 11.8 Å². The number of hydrogen-bond donors (Lipinski definition) is 0. The van der Waals surface area contributed by atoms with Gasteiger partial charge in [-0.1, -0.05) is 41.5 Å². The highest BCUT2D eigenvalue weighted by Gasteiger charge is 2.69. The van der Waals surface area contributed by atoms with Crippen LogP contribution in [0.1, 0.15) is 48.0 Å². The van der Waals surface area contributed by atoms with Crippen molar-refractivity contribution >= 4 is 0 Å². The molecule has 1 saturated carbocycles. The molecular weight excluding hydrogens is 232 g/mol. The summed E-state index contributed by atoms with van der Waals surface area (Å²) in [6.07, 6.45) is -1.32. The molecule has 0 aromatic rings. The van der Waals surface area contributed by atoms with E-state index in [0.717, 1.165) is 0 Å². The monoisotopic (exact) mass is 254 g/mol. The first-order valence-electron chi connectivity index (χ1n) is 5.95. The summed E-state index contributed by atoms with van der Waals surface area (Å²) in [5.74, 6) is -9.16. The molecule has 0 spiro atoms. The Labute approximate surface area is 101 Å². The van der Waals surface area contributed by atoms with Crippen molar-refractivity contribution in [3.8, 4) is 0 Å². The zero-order valence-electron chi connectivity index (χ0n) is 11.4. The second-order valence-electron chi connectivity index (χ2n) is 7.39. The van der Waals surface area contributed by atoms with E-state index in [1.807, 2.05) is 0 Å². The predicted molar refractivity (Wildman–Crippen MR) is 60.4 cm³/mol. The Hall–Kier alpha value is -0.280. The highest BCUT2D eigenvalue weighted by Crippen LogP contribution is 2.63. The van der Waals surface area contributed by atoms with Gasteiger partial charge in [-0.2, -0.15) is 0 Å². The Kier molecular flexibility index (Phi) is 3.14. The quantitative estimate of drug-likeness (QED) is 0.534. The maximum absolute atomic E-state index is 13.9. The van der Waals surface area contributed by atoms with Gasteiger partial charge in [-0.15, -0.1) is 0 Å². The Morgan fingerprint density at radius 1 is 0.706 bits per heavy atom. The smallest absolute Gasteiger partial charge is 0.206 e. The lowest BCUT2D eigenvalue weighted by atomic mass is 9.64. The molecule has 17 heavy (non-hydrogen) atoms. The molecule has 0 nitrogen and oxygen atoms in total. The summed E-state index contributed by atoms with van der Waals surface area (Å²) in [5.41, 5.74) is -1.66. The van der Waals surface area contributed by atoms with Gasteiger partial charge in [-0.05, 0) is 10.8 Å². The average Bonchev–Trinajstić information content (AvgIpc) is 2.10. The van der Waals surface area contributed by atoms with E-state index in [0.29, 0.717) is 0 Å². The first kappa shape index (κ1) is 14.8. The van der Waals surface area contributed by atoms with Crippen molar-refractivity contribution in [3.63, 3.8) is 0 Å². The van der Waals surface area contributed by atoms with Crippen LogP contribution in [0.3, 0.4) is 0 Å². The number of rotatable bonds is 0. The van der Waals surface area contributed by atoms with E-state index >= 15 is 0 Å². The molecule has 102 valence electrons. The summed E-state index contributed by atoms with van der Waals surface area (Å²) >= 11 is 0. The summed E-state index contributed by atoms with van der Waals surface area (Å²) < 4.78 is 55.6. The van der Waals surface area contributed by atoms with Crippen LogP contribution in [-0.2, 0) is 0 Å². The lowest BCUT2D eigenvalue weighted by molar-refractivity contribution is -0.111. The fraction of sp³-hybridized carbons (Fsp3) is 1.00. The molecule has 1 rings (SSSR count). The third-order valence-corrected chi connectivity index (χ3v) is 3.58. The molecule has 4 heteroatoms. The summed E-state index contributed by atoms with van der Waals surface area (Å²) in [7, 11) is 0. The molecule has 0 aromatic heterocycles. The van der Waals surface area contributed by atoms with Gasteiger partial charge in [-0.25, -0.2) is 17.6 Å². The Bertz CT molecular complexity index is 264. The third-order valence-electron chi connectivity index (χ3n) is 3.58. The van der Waals surface area contributed by atoms with Crippen molar-refractivity contribution in [2.24, 2.45) is 22.7 Å². The van der Waals surface area contributed by atoms with E-state index in [4.69, 9.17) is 0 Å². The van der Waals surface area contributed by atoms with Crippen LogP contribution in [0.2, 0.25) is 0 Å². The van der Waals surface area contributed by atoms with Crippen molar-refractivity contribution in [1.29, 1.82) is 0 Å². The van der Waals surface area contributed by atoms with Crippen LogP contribution in [0.5, 0.6) is 0 Å². The summed E-state index contributed by atoms with van der Waals surface area (Å²) in [6.45, 7) is 9.70. The summed E-state index contributed by atoms with van der Waals surface area (Å²) in [6, 6.07) is 0. The molecule has 0 radical (unpaired) electrons. The largest absolute Gasteiger partial charge is 0.257 e. The standard InChI is InChI=1S/C13H22F4/c1-10(2,3)8-9(11(4,5)6)13(16,17)7-12(8,14)15/h8-9H,7H2,1-6H3. The highest BCUT2D eigenvalue weighted by atomic mass is 19.3. The average molecular weight is 254 g/mol. The third kappa shape index (κ3) is 2.60. The van der Waals surface area contributed by atoms with Crippen LogP contribution in [0.15, 0.2) is 0 Å². The lowest BCUT2D eigenvalue weighted by Crippen LogP contribution is -2.44. The first-order chi connectivity index (χ1) is 7.20. The SMILES string of the molecule is CC(C)(C)C1C(C(C)(C)C)C(F)(F)CC1(F)F. The molecule has 0 heterocycles. The van der Waals surface area contributed by atoms with E-state index in [1.165, 1.54) is 0 Å². The van der Waals surface area contributed by atoms with E-state index in [1.54, 1.807) is 41.5 Å². The van der Waals surface area contributed by atoms with E-state index in [2.05, 4.69) is 0 Å². The van der Waals surface area contributed by atoms with Gasteiger partial charge in [-0.3, -0.25) is 0 Å². The maximum Gasteiger partial charge on any atom is 0.257 e. The molecular formula is C13H22F4. The Morgan fingerprint density at radius 2 is 0.941 bits per heavy atom. The van der Waals surface area contributed by atoms with Crippen LogP contribution >= 0.6 is 0 Å². The lowest BCUT2D eigenvalue weighted by Gasteiger charge is -2.42. The highest BCUT2D eigenvalue weighted by molar-refractivity contribution is 5.08. The molecule has 2 unspecified atom stereocenters. The number of halogens is 4. The molecule has 0 amide bonds. The van der Waals surface area contributed by atoms with Crippen LogP contribution in [0.4, 0.5) is 17.6 Å². The topological polar surface area (TPSA) is 0 Å². The van der Waals surface area contributed by atoms with Gasteiger partial charge in [0.25, 0.3) is 11.8 Å². The zero-order valence-corrected chi connectivity index (χ0v) is 11.4. The van der Waals surface area contributed by atoms with Gasteiger partial charge in [0.1, 0.15) is 0 Å². The molecule has 1 aliphatic carbocycles. The first-order valence-corrected chi connectivity index (χ1v) is 5.95. The van der Waals surface area contributed by atoms with Gasteiger partial charge in [0.15, 0.2) is 0 Å². The molecule has 0 saturated heterocycles. The van der Waals surface area contributed by atoms with E-state index in [9.17, 15) is 17.6 Å². The van der Waals surface area contributed by atoms with Crippen LogP contribution in [0, 0.1) is 22.7 Å². The minimum atomic E-state index is -3.29. The summed E-state index contributed by atoms with van der Waals surface area (Å²) in [5, 5.41) is 0. The minimum Gasteiger partial charge on any atom is -0.206 e. The fourth-order valence-electron chi connectivity index (χ4n) is 3.29. The molecule has 0 N–H and O–H groups in total. The zero-order chi connectivity index (χ0) is 13.9. The van der Waals surface area contributed by atoms with Crippen molar-refractivity contribution < 1.29 is 17.6 Å². The molecule has 1 fully saturated rings. The van der Waals surface area contributed by atoms with Gasteiger partial charge < -0.3 is 0 Å². The molecule has 0 bridgehead atoms. The maximum atomic E-state index is 13.9. The van der Waals surface area contributed by atoms with Gasteiger partial charge >= 0.3 is 0 Å². The number of hydrogen-bond acceptors (Lipinski definition) is 0. The van der Waals surface area contributed by atoms with Crippen LogP contribution in [-0.4, -0.2) is 11.8 Å². The Morgan fingerprint density at radius 3 is 1.12 bits per heavy atom. The second-order valence-corrected chi connectivity index (χ2v) is 7.39. The van der Waals surface area contributed by atoms with E-state index in [-0.39, 0.29) is 0 Å². The predicted octanol–water partition coefficient (Wildman–Crippen LogP) is 4.99. The fourth-order valence-corrected chi connectivity index (χ4v) is 3.29. The minimum absolute atomic E-state index is 0.832. The molecule has 2 atom stereocenters. The summed E-state index contributed by atoms with van der Waals surface area (Å²) in [4.78, 5) is 0. The second kappa shape index (κ2) is 3.61.